The van der Waals surface area contributed by atoms with E-state index in [4.69, 9.17) is 5.73 Å². The lowest BCUT2D eigenvalue weighted by Crippen LogP contribution is -2.10. The number of nitrogen functional groups attached to an aromatic ring is 1. The van der Waals surface area contributed by atoms with Gasteiger partial charge in [-0.2, -0.15) is 9.90 Å². The molecule has 0 aliphatic carbocycles. The number of nitrogens with two attached hydrogens (primary N) is 1. The van der Waals surface area contributed by atoms with Gasteiger partial charge in [0, 0.05) is 18.9 Å². The van der Waals surface area contributed by atoms with Crippen LogP contribution in [0.2, 0.25) is 0 Å². The van der Waals surface area contributed by atoms with E-state index >= 15 is 0 Å². The smallest absolute Gasteiger partial charge is 0.165 e. The predicted octanol–water partition coefficient (Wildman–Crippen LogP) is 0.0654. The van der Waals surface area contributed by atoms with Crippen molar-refractivity contribution in [1.29, 1.82) is 0 Å². The largest absolute Gasteiger partial charge is 0.381 e. The number of hydrogen-bond donors (Lipinski definition) is 1. The minimum absolute atomic E-state index is 0.451. The average Bonchev–Trinajstić information content (AvgIpc) is 2.72. The molecule has 0 radical (unpaired) electrons. The summed E-state index contributed by atoms with van der Waals surface area (Å²) in [5.74, 6) is 1.44. The lowest BCUT2D eigenvalue weighted by molar-refractivity contribution is 0.477. The van der Waals surface area contributed by atoms with Crippen LogP contribution in [0.15, 0.2) is 18.6 Å². The molecule has 0 atom stereocenters. The van der Waals surface area contributed by atoms with Crippen LogP contribution in [0.5, 0.6) is 0 Å². The highest BCUT2D eigenvalue weighted by molar-refractivity contribution is 5.19. The normalized spacial score (nSPS) is 10.6. The van der Waals surface area contributed by atoms with Gasteiger partial charge >= 0.3 is 0 Å². The van der Waals surface area contributed by atoms with Crippen molar-refractivity contribution in [3.63, 3.8) is 0 Å². The quantitative estimate of drug-likeness (QED) is 0.746. The fourth-order valence-corrected chi connectivity index (χ4v) is 1.26. The number of nitrogens with zero attached hydrogens (tertiary/aromatic N) is 5. The predicted molar refractivity (Wildman–Crippen MR) is 51.4 cm³/mol. The van der Waals surface area contributed by atoms with Crippen molar-refractivity contribution < 1.29 is 0 Å². The van der Waals surface area contributed by atoms with Gasteiger partial charge in [-0.15, -0.1) is 5.10 Å². The molecule has 74 valence electrons. The molecule has 0 aliphatic rings. The molecular weight excluding hydrogens is 180 g/mol. The summed E-state index contributed by atoms with van der Waals surface area (Å²) in [7, 11) is 0. The van der Waals surface area contributed by atoms with Crippen molar-refractivity contribution in [3.05, 3.63) is 24.4 Å². The van der Waals surface area contributed by atoms with E-state index in [2.05, 4.69) is 15.2 Å². The van der Waals surface area contributed by atoms with E-state index in [0.29, 0.717) is 12.4 Å². The number of imidazole rings is 1. The van der Waals surface area contributed by atoms with Crippen LogP contribution in [0.25, 0.3) is 0 Å². The molecule has 2 heterocycles. The summed E-state index contributed by atoms with van der Waals surface area (Å²) in [6.07, 6.45) is 5.25. The zero-order valence-electron chi connectivity index (χ0n) is 7.96. The van der Waals surface area contributed by atoms with Crippen molar-refractivity contribution in [1.82, 2.24) is 24.5 Å². The standard InChI is InChI=1S/C8H12N6/c1-7-10-2-3-13(7)4-5-14-11-6-8(9)12-14/h2-3,6H,4-5H2,1H3,(H2,9,12). The van der Waals surface area contributed by atoms with Crippen molar-refractivity contribution in [2.24, 2.45) is 0 Å². The number of hydrogen-bond acceptors (Lipinski definition) is 4. The maximum atomic E-state index is 5.44. The maximum absolute atomic E-state index is 5.44. The Hall–Kier alpha value is -1.85. The summed E-state index contributed by atoms with van der Waals surface area (Å²) in [5.41, 5.74) is 5.44. The molecule has 2 aromatic rings. The second-order valence-corrected chi connectivity index (χ2v) is 3.03. The molecule has 6 heteroatoms. The van der Waals surface area contributed by atoms with E-state index < -0.39 is 0 Å². The van der Waals surface area contributed by atoms with Gasteiger partial charge in [-0.25, -0.2) is 4.98 Å². The van der Waals surface area contributed by atoms with Gasteiger partial charge in [-0.1, -0.05) is 0 Å². The number of aryl methyl sites for hydroxylation is 3. The fraction of sp³-hybridized carbons (Fsp3) is 0.375. The Morgan fingerprint density at radius 1 is 1.43 bits per heavy atom. The van der Waals surface area contributed by atoms with Crippen LogP contribution >= 0.6 is 0 Å². The van der Waals surface area contributed by atoms with Crippen molar-refractivity contribution in [3.8, 4) is 0 Å². The molecule has 0 fully saturated rings. The van der Waals surface area contributed by atoms with Gasteiger partial charge in [0.15, 0.2) is 5.82 Å². The molecule has 0 aromatic carbocycles. The first-order chi connectivity index (χ1) is 6.75. The molecule has 0 unspecified atom stereocenters. The highest BCUT2D eigenvalue weighted by atomic mass is 15.5. The molecule has 0 amide bonds. The molecule has 0 aliphatic heterocycles. The molecule has 2 aromatic heterocycles. The first kappa shape index (κ1) is 8.74. The van der Waals surface area contributed by atoms with Crippen molar-refractivity contribution in [2.75, 3.05) is 5.73 Å². The maximum Gasteiger partial charge on any atom is 0.165 e. The van der Waals surface area contributed by atoms with Gasteiger partial charge in [0.05, 0.1) is 12.7 Å². The number of rotatable bonds is 3. The van der Waals surface area contributed by atoms with Crippen LogP contribution in [0.3, 0.4) is 0 Å². The van der Waals surface area contributed by atoms with E-state index in [0.717, 1.165) is 12.4 Å². The SMILES string of the molecule is Cc1nccn1CCn1ncc(N)n1. The lowest BCUT2D eigenvalue weighted by atomic mass is 10.6. The summed E-state index contributed by atoms with van der Waals surface area (Å²) in [6, 6.07) is 0. The third-order valence-corrected chi connectivity index (χ3v) is 2.02. The highest BCUT2D eigenvalue weighted by Crippen LogP contribution is 1.97. The van der Waals surface area contributed by atoms with Crippen molar-refractivity contribution in [2.45, 2.75) is 20.0 Å². The van der Waals surface area contributed by atoms with Crippen LogP contribution in [-0.2, 0) is 13.1 Å². The van der Waals surface area contributed by atoms with Crippen LogP contribution in [0.1, 0.15) is 5.82 Å². The van der Waals surface area contributed by atoms with Gasteiger partial charge in [0.25, 0.3) is 0 Å². The zero-order chi connectivity index (χ0) is 9.97. The third kappa shape index (κ3) is 1.73. The van der Waals surface area contributed by atoms with E-state index in [9.17, 15) is 0 Å². The van der Waals surface area contributed by atoms with E-state index in [1.165, 1.54) is 0 Å². The lowest BCUT2D eigenvalue weighted by Gasteiger charge is -2.03. The van der Waals surface area contributed by atoms with E-state index in [1.807, 2.05) is 17.7 Å². The Morgan fingerprint density at radius 2 is 2.29 bits per heavy atom. The molecule has 0 spiro atoms. The second-order valence-electron chi connectivity index (χ2n) is 3.03. The Kier molecular flexibility index (Phi) is 2.18. The summed E-state index contributed by atoms with van der Waals surface area (Å²) in [6.45, 7) is 3.47. The van der Waals surface area contributed by atoms with E-state index in [-0.39, 0.29) is 0 Å². The molecule has 2 N–H and O–H groups in total. The number of aromatic nitrogens is 5. The molecule has 14 heavy (non-hydrogen) atoms. The summed E-state index contributed by atoms with van der Waals surface area (Å²) >= 11 is 0. The Morgan fingerprint density at radius 3 is 2.86 bits per heavy atom. The monoisotopic (exact) mass is 192 g/mol. The number of anilines is 1. The van der Waals surface area contributed by atoms with Crippen LogP contribution < -0.4 is 5.73 Å². The Balaban J connectivity index is 1.98. The van der Waals surface area contributed by atoms with Gasteiger partial charge in [-0.3, -0.25) is 0 Å². The van der Waals surface area contributed by atoms with Crippen LogP contribution in [0, 0.1) is 6.92 Å². The average molecular weight is 192 g/mol. The first-order valence-corrected chi connectivity index (χ1v) is 4.39. The Labute approximate surface area is 81.4 Å². The van der Waals surface area contributed by atoms with E-state index in [1.54, 1.807) is 17.2 Å². The summed E-state index contributed by atoms with van der Waals surface area (Å²) < 4.78 is 2.04. The Bertz CT molecular complexity index is 415. The summed E-state index contributed by atoms with van der Waals surface area (Å²) in [4.78, 5) is 5.70. The van der Waals surface area contributed by atoms with Crippen LogP contribution in [-0.4, -0.2) is 24.5 Å². The molecule has 0 bridgehead atoms. The highest BCUT2D eigenvalue weighted by Gasteiger charge is 1.99. The zero-order valence-corrected chi connectivity index (χ0v) is 7.96. The molecule has 0 saturated carbocycles. The summed E-state index contributed by atoms with van der Waals surface area (Å²) in [5, 5.41) is 7.98. The molecule has 0 saturated heterocycles. The van der Waals surface area contributed by atoms with Gasteiger partial charge in [-0.05, 0) is 6.92 Å². The first-order valence-electron chi connectivity index (χ1n) is 4.39. The second kappa shape index (κ2) is 3.49. The van der Waals surface area contributed by atoms with Gasteiger partial charge in [0.1, 0.15) is 5.82 Å². The van der Waals surface area contributed by atoms with Crippen LogP contribution in [0.4, 0.5) is 5.82 Å². The minimum Gasteiger partial charge on any atom is -0.381 e. The molecular formula is C8H12N6. The van der Waals surface area contributed by atoms with Gasteiger partial charge in [0.2, 0.25) is 0 Å². The van der Waals surface area contributed by atoms with Gasteiger partial charge < -0.3 is 10.3 Å². The molecule has 2 rings (SSSR count). The topological polar surface area (TPSA) is 74.5 Å². The minimum atomic E-state index is 0.451. The fourth-order valence-electron chi connectivity index (χ4n) is 1.26. The third-order valence-electron chi connectivity index (χ3n) is 2.02. The molecule has 6 nitrogen and oxygen atoms in total. The van der Waals surface area contributed by atoms with Crippen molar-refractivity contribution >= 4 is 5.82 Å².